The molecule has 1 fully saturated rings. The molecule has 2 aromatic rings. The highest BCUT2D eigenvalue weighted by atomic mass is 16.5. The van der Waals surface area contributed by atoms with Crippen LogP contribution in [0.5, 0.6) is 0 Å². The predicted molar refractivity (Wildman–Crippen MR) is 123 cm³/mol. The molecule has 3 rings (SSSR count). The molecule has 180 valence electrons. The molecule has 3 amide bonds. The van der Waals surface area contributed by atoms with E-state index < -0.39 is 42.1 Å². The van der Waals surface area contributed by atoms with Crippen LogP contribution in [0, 0.1) is 0 Å². The van der Waals surface area contributed by atoms with Gasteiger partial charge in [0.15, 0.2) is 0 Å². The summed E-state index contributed by atoms with van der Waals surface area (Å²) in [6, 6.07) is 7.81. The predicted octanol–water partition coefficient (Wildman–Crippen LogP) is 0.984. The maximum absolute atomic E-state index is 12.7. The summed E-state index contributed by atoms with van der Waals surface area (Å²) < 4.78 is 4.94. The number of hydrogen-bond acceptors (Lipinski definition) is 7. The van der Waals surface area contributed by atoms with Crippen molar-refractivity contribution < 1.29 is 28.7 Å². The number of esters is 1. The van der Waals surface area contributed by atoms with Gasteiger partial charge >= 0.3 is 5.97 Å². The van der Waals surface area contributed by atoms with Crippen LogP contribution in [0.25, 0.3) is 10.9 Å². The number of amides is 3. The Morgan fingerprint density at radius 3 is 2.68 bits per heavy atom. The normalized spacial score (nSPS) is 15.1. The number of ketones is 1. The number of carbonyl (C=O) groups excluding carboxylic acids is 5. The number of hydrogen-bond donors (Lipinski definition) is 2. The Bertz CT molecular complexity index is 1080. The Hall–Kier alpha value is -3.82. The van der Waals surface area contributed by atoms with E-state index in [2.05, 4.69) is 15.6 Å². The number of carbonyl (C=O) groups is 5. The van der Waals surface area contributed by atoms with Crippen molar-refractivity contribution in [2.75, 3.05) is 26.2 Å². The standard InChI is InChI=1S/C24H28N4O6/c1-2-3-13-34-21(30)15-27-24(33)22(31)19-9-6-12-28(19)20(29)14-26-23(32)17-10-11-25-18-8-5-4-7-16(17)18/h4-5,7-8,10-11,19H,2-3,6,9,12-15H2,1H3,(H,26,32)(H,27,33)/t19-/m0/s1. The van der Waals surface area contributed by atoms with E-state index in [1.807, 2.05) is 13.0 Å². The number of para-hydroxylation sites is 1. The van der Waals surface area contributed by atoms with Gasteiger partial charge in [-0.2, -0.15) is 0 Å². The Morgan fingerprint density at radius 1 is 1.09 bits per heavy atom. The smallest absolute Gasteiger partial charge is 0.325 e. The van der Waals surface area contributed by atoms with E-state index >= 15 is 0 Å². The van der Waals surface area contributed by atoms with E-state index in [9.17, 15) is 24.0 Å². The van der Waals surface area contributed by atoms with Crippen molar-refractivity contribution in [1.82, 2.24) is 20.5 Å². The third-order valence-electron chi connectivity index (χ3n) is 5.55. The van der Waals surface area contributed by atoms with Gasteiger partial charge in [-0.25, -0.2) is 0 Å². The van der Waals surface area contributed by atoms with Crippen molar-refractivity contribution in [3.05, 3.63) is 42.1 Å². The van der Waals surface area contributed by atoms with E-state index in [0.29, 0.717) is 42.3 Å². The number of likely N-dealkylation sites (tertiary alicyclic amines) is 1. The lowest BCUT2D eigenvalue weighted by molar-refractivity contribution is -0.147. The molecule has 2 N–H and O–H groups in total. The number of benzene rings is 1. The SMILES string of the molecule is CCCCOC(=O)CNC(=O)C(=O)[C@@H]1CCCN1C(=O)CNC(=O)c1ccnc2ccccc12. The molecule has 1 atom stereocenters. The van der Waals surface area contributed by atoms with Crippen molar-refractivity contribution in [2.45, 2.75) is 38.6 Å². The Morgan fingerprint density at radius 2 is 1.88 bits per heavy atom. The van der Waals surface area contributed by atoms with E-state index in [0.717, 1.165) is 6.42 Å². The maximum atomic E-state index is 12.7. The van der Waals surface area contributed by atoms with Gasteiger partial charge in [0.1, 0.15) is 12.6 Å². The van der Waals surface area contributed by atoms with Crippen LogP contribution in [0.1, 0.15) is 43.0 Å². The molecule has 2 heterocycles. The van der Waals surface area contributed by atoms with E-state index in [1.54, 1.807) is 24.3 Å². The molecular formula is C24H28N4O6. The van der Waals surface area contributed by atoms with Gasteiger partial charge in [0.05, 0.1) is 24.2 Å². The first-order chi connectivity index (χ1) is 16.4. The lowest BCUT2D eigenvalue weighted by Crippen LogP contribution is -2.50. The molecule has 0 saturated carbocycles. The fraction of sp³-hybridized carbons (Fsp3) is 0.417. The van der Waals surface area contributed by atoms with Gasteiger partial charge in [-0.1, -0.05) is 31.5 Å². The number of pyridine rings is 1. The Kier molecular flexibility index (Phi) is 8.66. The van der Waals surface area contributed by atoms with Gasteiger partial charge in [0.2, 0.25) is 11.7 Å². The Balaban J connectivity index is 1.53. The summed E-state index contributed by atoms with van der Waals surface area (Å²) in [7, 11) is 0. The van der Waals surface area contributed by atoms with Crippen molar-refractivity contribution in [1.29, 1.82) is 0 Å². The number of unbranched alkanes of at least 4 members (excludes halogenated alkanes) is 1. The molecular weight excluding hydrogens is 440 g/mol. The van der Waals surface area contributed by atoms with Crippen molar-refractivity contribution in [2.24, 2.45) is 0 Å². The highest BCUT2D eigenvalue weighted by molar-refractivity contribution is 6.38. The van der Waals surface area contributed by atoms with Gasteiger partial charge in [-0.15, -0.1) is 0 Å². The van der Waals surface area contributed by atoms with Gasteiger partial charge in [0.25, 0.3) is 11.8 Å². The van der Waals surface area contributed by atoms with Crippen LogP contribution in [0.4, 0.5) is 0 Å². The van der Waals surface area contributed by atoms with Gasteiger partial charge in [-0.05, 0) is 31.4 Å². The van der Waals surface area contributed by atoms with Crippen LogP contribution in [0.3, 0.4) is 0 Å². The highest BCUT2D eigenvalue weighted by Gasteiger charge is 2.37. The molecule has 0 spiro atoms. The average molecular weight is 469 g/mol. The van der Waals surface area contributed by atoms with Crippen LogP contribution in [0.2, 0.25) is 0 Å². The first-order valence-electron chi connectivity index (χ1n) is 11.3. The minimum absolute atomic E-state index is 0.255. The van der Waals surface area contributed by atoms with Crippen LogP contribution in [0.15, 0.2) is 36.5 Å². The number of Topliss-reactive ketones (excluding diaryl/α,β-unsaturated/α-hetero) is 1. The first kappa shape index (κ1) is 24.8. The molecule has 0 aliphatic carbocycles. The summed E-state index contributed by atoms with van der Waals surface area (Å²) in [6.07, 6.45) is 3.99. The second-order valence-corrected chi connectivity index (χ2v) is 7.92. The van der Waals surface area contributed by atoms with Crippen LogP contribution >= 0.6 is 0 Å². The maximum Gasteiger partial charge on any atom is 0.325 e. The zero-order valence-electron chi connectivity index (χ0n) is 19.0. The summed E-state index contributed by atoms with van der Waals surface area (Å²) in [6.45, 7) is 1.78. The lowest BCUT2D eigenvalue weighted by atomic mass is 10.1. The molecule has 1 aliphatic heterocycles. The van der Waals surface area contributed by atoms with Crippen molar-refractivity contribution >= 4 is 40.4 Å². The minimum atomic E-state index is -0.940. The number of nitrogens with one attached hydrogen (secondary N) is 2. The van der Waals surface area contributed by atoms with Crippen LogP contribution in [-0.2, 0) is 23.9 Å². The molecule has 0 unspecified atom stereocenters. The molecule has 0 radical (unpaired) electrons. The molecule has 34 heavy (non-hydrogen) atoms. The minimum Gasteiger partial charge on any atom is -0.464 e. The molecule has 1 aromatic heterocycles. The first-order valence-corrected chi connectivity index (χ1v) is 11.3. The highest BCUT2D eigenvalue weighted by Crippen LogP contribution is 2.19. The lowest BCUT2D eigenvalue weighted by Gasteiger charge is -2.23. The quantitative estimate of drug-likeness (QED) is 0.302. The summed E-state index contributed by atoms with van der Waals surface area (Å²) in [4.78, 5) is 67.4. The van der Waals surface area contributed by atoms with E-state index in [4.69, 9.17) is 4.74 Å². The van der Waals surface area contributed by atoms with Crippen LogP contribution in [-0.4, -0.2) is 71.6 Å². The average Bonchev–Trinajstić information content (AvgIpc) is 3.35. The summed E-state index contributed by atoms with van der Waals surface area (Å²) >= 11 is 0. The summed E-state index contributed by atoms with van der Waals surface area (Å²) in [5, 5.41) is 5.51. The number of aromatic nitrogens is 1. The third kappa shape index (κ3) is 6.15. The second-order valence-electron chi connectivity index (χ2n) is 7.92. The zero-order valence-corrected chi connectivity index (χ0v) is 19.0. The van der Waals surface area contributed by atoms with Gasteiger partial charge < -0.3 is 20.3 Å². The zero-order chi connectivity index (χ0) is 24.5. The summed E-state index contributed by atoms with van der Waals surface area (Å²) in [5.74, 6) is -3.26. The molecule has 1 saturated heterocycles. The number of ether oxygens (including phenoxy) is 1. The third-order valence-corrected chi connectivity index (χ3v) is 5.55. The molecule has 10 nitrogen and oxygen atoms in total. The number of rotatable bonds is 10. The van der Waals surface area contributed by atoms with Crippen molar-refractivity contribution in [3.63, 3.8) is 0 Å². The molecule has 10 heteroatoms. The van der Waals surface area contributed by atoms with Crippen molar-refractivity contribution in [3.8, 4) is 0 Å². The topological polar surface area (TPSA) is 135 Å². The molecule has 0 bridgehead atoms. The van der Waals surface area contributed by atoms with Gasteiger partial charge in [-0.3, -0.25) is 29.0 Å². The fourth-order valence-electron chi connectivity index (χ4n) is 3.76. The second kappa shape index (κ2) is 11.9. The summed E-state index contributed by atoms with van der Waals surface area (Å²) in [5.41, 5.74) is 1.05. The fourth-order valence-corrected chi connectivity index (χ4v) is 3.76. The molecule has 1 aliphatic rings. The van der Waals surface area contributed by atoms with Gasteiger partial charge in [0, 0.05) is 18.1 Å². The monoisotopic (exact) mass is 468 g/mol. The number of nitrogens with zero attached hydrogens (tertiary/aromatic N) is 2. The van der Waals surface area contributed by atoms with Crippen LogP contribution < -0.4 is 10.6 Å². The Labute approximate surface area is 197 Å². The number of fused-ring (bicyclic) bond motifs is 1. The largest absolute Gasteiger partial charge is 0.464 e. The van der Waals surface area contributed by atoms with E-state index in [-0.39, 0.29) is 13.2 Å². The van der Waals surface area contributed by atoms with E-state index in [1.165, 1.54) is 11.1 Å². The molecule has 1 aromatic carbocycles.